The van der Waals surface area contributed by atoms with Gasteiger partial charge in [-0.3, -0.25) is 0 Å². The van der Waals surface area contributed by atoms with Crippen LogP contribution in [0.25, 0.3) is 0 Å². The van der Waals surface area contributed by atoms with E-state index in [1.807, 2.05) is 0 Å². The van der Waals surface area contributed by atoms with Gasteiger partial charge in [0.25, 0.3) is 0 Å². The van der Waals surface area contributed by atoms with Gasteiger partial charge in [-0.2, -0.15) is 0 Å². The van der Waals surface area contributed by atoms with Crippen molar-refractivity contribution in [2.24, 2.45) is 5.92 Å². The highest BCUT2D eigenvalue weighted by molar-refractivity contribution is 5.14. The quantitative estimate of drug-likeness (QED) is 0.840. The lowest BCUT2D eigenvalue weighted by Gasteiger charge is -2.28. The van der Waals surface area contributed by atoms with Crippen LogP contribution in [0.5, 0.6) is 0 Å². The molecule has 1 heterocycles. The highest BCUT2D eigenvalue weighted by Crippen LogP contribution is 2.18. The van der Waals surface area contributed by atoms with Crippen LogP contribution in [-0.2, 0) is 11.3 Å². The topological polar surface area (TPSA) is 21.3 Å². The van der Waals surface area contributed by atoms with Crippen LogP contribution >= 0.6 is 0 Å². The first-order chi connectivity index (χ1) is 7.86. The first kappa shape index (κ1) is 11.6. The van der Waals surface area contributed by atoms with E-state index in [1.54, 1.807) is 0 Å². The number of benzene rings is 1. The predicted molar refractivity (Wildman–Crippen MR) is 66.3 cm³/mol. The summed E-state index contributed by atoms with van der Waals surface area (Å²) in [5.74, 6) is 0.775. The molecule has 1 saturated heterocycles. The zero-order valence-corrected chi connectivity index (χ0v) is 9.99. The highest BCUT2D eigenvalue weighted by atomic mass is 16.5. The van der Waals surface area contributed by atoms with E-state index < -0.39 is 0 Å². The predicted octanol–water partition coefficient (Wildman–Crippen LogP) is 2.59. The zero-order valence-electron chi connectivity index (χ0n) is 9.99. The van der Waals surface area contributed by atoms with Gasteiger partial charge in [0.15, 0.2) is 0 Å². The van der Waals surface area contributed by atoms with Crippen LogP contribution in [0.2, 0.25) is 0 Å². The Bertz CT molecular complexity index is 293. The third-order valence-corrected chi connectivity index (χ3v) is 3.44. The van der Waals surface area contributed by atoms with Crippen LogP contribution in [0.3, 0.4) is 0 Å². The van der Waals surface area contributed by atoms with Crippen molar-refractivity contribution in [3.05, 3.63) is 35.9 Å². The van der Waals surface area contributed by atoms with Crippen molar-refractivity contribution >= 4 is 0 Å². The number of nitrogens with one attached hydrogen (secondary N) is 1. The largest absolute Gasteiger partial charge is 0.381 e. The molecular weight excluding hydrogens is 198 g/mol. The van der Waals surface area contributed by atoms with Gasteiger partial charge in [-0.05, 0) is 31.2 Å². The summed E-state index contributed by atoms with van der Waals surface area (Å²) in [6.07, 6.45) is 2.39. The summed E-state index contributed by atoms with van der Waals surface area (Å²) in [6.45, 7) is 5.13. The lowest BCUT2D eigenvalue weighted by molar-refractivity contribution is 0.0558. The zero-order chi connectivity index (χ0) is 11.2. The fraction of sp³-hybridized carbons (Fsp3) is 0.571. The summed E-state index contributed by atoms with van der Waals surface area (Å²) < 4.78 is 5.38. The Morgan fingerprint density at radius 2 is 1.94 bits per heavy atom. The minimum Gasteiger partial charge on any atom is -0.381 e. The lowest BCUT2D eigenvalue weighted by atomic mass is 9.93. The second kappa shape index (κ2) is 6.02. The maximum absolute atomic E-state index is 5.38. The van der Waals surface area contributed by atoms with E-state index in [-0.39, 0.29) is 0 Å². The number of rotatable bonds is 4. The first-order valence-corrected chi connectivity index (χ1v) is 6.21. The Morgan fingerprint density at radius 1 is 1.25 bits per heavy atom. The molecule has 1 N–H and O–H groups in total. The molecule has 0 spiro atoms. The minimum atomic E-state index is 0.587. The molecule has 1 fully saturated rings. The third-order valence-electron chi connectivity index (χ3n) is 3.44. The van der Waals surface area contributed by atoms with Crippen molar-refractivity contribution in [2.75, 3.05) is 13.2 Å². The van der Waals surface area contributed by atoms with Crippen molar-refractivity contribution in [2.45, 2.75) is 32.4 Å². The van der Waals surface area contributed by atoms with E-state index >= 15 is 0 Å². The van der Waals surface area contributed by atoms with Gasteiger partial charge in [0.1, 0.15) is 0 Å². The normalized spacial score (nSPS) is 19.6. The molecule has 0 aliphatic carbocycles. The molecule has 2 nitrogen and oxygen atoms in total. The van der Waals surface area contributed by atoms with Gasteiger partial charge in [-0.25, -0.2) is 0 Å². The maximum Gasteiger partial charge on any atom is 0.0469 e. The Hall–Kier alpha value is -0.860. The molecule has 1 aliphatic heterocycles. The van der Waals surface area contributed by atoms with Gasteiger partial charge in [0.05, 0.1) is 0 Å². The minimum absolute atomic E-state index is 0.587. The van der Waals surface area contributed by atoms with E-state index in [0.717, 1.165) is 25.7 Å². The van der Waals surface area contributed by atoms with Crippen molar-refractivity contribution in [3.63, 3.8) is 0 Å². The maximum atomic E-state index is 5.38. The van der Waals surface area contributed by atoms with Gasteiger partial charge in [-0.1, -0.05) is 30.3 Å². The molecule has 1 aromatic carbocycles. The molecule has 1 atom stereocenters. The Morgan fingerprint density at radius 3 is 2.62 bits per heavy atom. The van der Waals surface area contributed by atoms with E-state index in [1.165, 1.54) is 18.4 Å². The monoisotopic (exact) mass is 219 g/mol. The summed E-state index contributed by atoms with van der Waals surface area (Å²) in [5.41, 5.74) is 1.36. The van der Waals surface area contributed by atoms with Crippen LogP contribution < -0.4 is 5.32 Å². The Balaban J connectivity index is 1.76. The van der Waals surface area contributed by atoms with Gasteiger partial charge < -0.3 is 10.1 Å². The number of ether oxygens (including phenoxy) is 1. The van der Waals surface area contributed by atoms with Crippen LogP contribution in [0.15, 0.2) is 30.3 Å². The molecular formula is C14H21NO. The highest BCUT2D eigenvalue weighted by Gasteiger charge is 2.19. The molecule has 1 unspecified atom stereocenters. The smallest absolute Gasteiger partial charge is 0.0469 e. The van der Waals surface area contributed by atoms with Gasteiger partial charge in [-0.15, -0.1) is 0 Å². The summed E-state index contributed by atoms with van der Waals surface area (Å²) in [6, 6.07) is 11.2. The number of hydrogen-bond acceptors (Lipinski definition) is 2. The van der Waals surface area contributed by atoms with E-state index in [4.69, 9.17) is 4.74 Å². The second-order valence-electron chi connectivity index (χ2n) is 4.60. The summed E-state index contributed by atoms with van der Waals surface area (Å²) in [5, 5.41) is 3.61. The molecule has 16 heavy (non-hydrogen) atoms. The Kier molecular flexibility index (Phi) is 4.37. The second-order valence-corrected chi connectivity index (χ2v) is 4.60. The van der Waals surface area contributed by atoms with Crippen molar-refractivity contribution in [1.82, 2.24) is 5.32 Å². The number of hydrogen-bond donors (Lipinski definition) is 1. The van der Waals surface area contributed by atoms with E-state index in [2.05, 4.69) is 42.6 Å². The van der Waals surface area contributed by atoms with Crippen LogP contribution in [-0.4, -0.2) is 19.3 Å². The molecule has 2 heteroatoms. The van der Waals surface area contributed by atoms with E-state index in [9.17, 15) is 0 Å². The molecule has 0 bridgehead atoms. The van der Waals surface area contributed by atoms with Gasteiger partial charge in [0.2, 0.25) is 0 Å². The van der Waals surface area contributed by atoms with Crippen LogP contribution in [0.1, 0.15) is 25.3 Å². The third kappa shape index (κ3) is 3.32. The molecule has 0 amide bonds. The molecule has 2 rings (SSSR count). The molecule has 1 aliphatic rings. The first-order valence-electron chi connectivity index (χ1n) is 6.21. The van der Waals surface area contributed by atoms with Crippen molar-refractivity contribution in [3.8, 4) is 0 Å². The van der Waals surface area contributed by atoms with Gasteiger partial charge >= 0.3 is 0 Å². The van der Waals surface area contributed by atoms with Crippen LogP contribution in [0, 0.1) is 5.92 Å². The molecule has 0 radical (unpaired) electrons. The summed E-state index contributed by atoms with van der Waals surface area (Å²) in [7, 11) is 0. The average Bonchev–Trinajstić information content (AvgIpc) is 2.38. The van der Waals surface area contributed by atoms with Gasteiger partial charge in [0, 0.05) is 25.8 Å². The van der Waals surface area contributed by atoms with Crippen molar-refractivity contribution < 1.29 is 4.74 Å². The lowest BCUT2D eigenvalue weighted by Crippen LogP contribution is -2.36. The summed E-state index contributed by atoms with van der Waals surface area (Å²) in [4.78, 5) is 0. The SMILES string of the molecule is CC(NCc1ccccc1)C1CCOCC1. The molecule has 88 valence electrons. The Labute approximate surface area is 98.0 Å². The average molecular weight is 219 g/mol. The molecule has 0 saturated carbocycles. The standard InChI is InChI=1S/C14H21NO/c1-12(14-7-9-16-10-8-14)15-11-13-5-3-2-4-6-13/h2-6,12,14-15H,7-11H2,1H3. The fourth-order valence-corrected chi connectivity index (χ4v) is 2.26. The summed E-state index contributed by atoms with van der Waals surface area (Å²) >= 11 is 0. The molecule has 1 aromatic rings. The molecule has 0 aromatic heterocycles. The van der Waals surface area contributed by atoms with Crippen molar-refractivity contribution in [1.29, 1.82) is 0 Å². The fourth-order valence-electron chi connectivity index (χ4n) is 2.26. The van der Waals surface area contributed by atoms with Crippen LogP contribution in [0.4, 0.5) is 0 Å². The van der Waals surface area contributed by atoms with E-state index in [0.29, 0.717) is 6.04 Å².